The number of H-pyrrole nitrogens is 1. The van der Waals surface area contributed by atoms with Crippen LogP contribution in [0.2, 0.25) is 0 Å². The van der Waals surface area contributed by atoms with Crippen molar-refractivity contribution < 1.29 is 4.79 Å². The van der Waals surface area contributed by atoms with Gasteiger partial charge >= 0.3 is 0 Å². The predicted octanol–water partition coefficient (Wildman–Crippen LogP) is 2.30. The van der Waals surface area contributed by atoms with Crippen molar-refractivity contribution in [3.05, 3.63) is 59.4 Å². The molecule has 3 aromatic heterocycles. The van der Waals surface area contributed by atoms with Gasteiger partial charge < -0.3 is 0 Å². The van der Waals surface area contributed by atoms with E-state index in [0.717, 1.165) is 16.1 Å². The molecule has 0 fully saturated rings. The molecule has 3 heterocycles. The number of thiophene rings is 1. The molecule has 0 atom stereocenters. The zero-order chi connectivity index (χ0) is 14.5. The Balaban J connectivity index is 1.65. The average molecular weight is 297 g/mol. The van der Waals surface area contributed by atoms with Crippen LogP contribution in [0.15, 0.2) is 53.2 Å². The van der Waals surface area contributed by atoms with Gasteiger partial charge in [0, 0.05) is 18.0 Å². The molecular weight excluding hydrogens is 286 g/mol. The zero-order valence-corrected chi connectivity index (χ0v) is 11.7. The second-order valence-corrected chi connectivity index (χ2v) is 5.08. The fourth-order valence-corrected chi connectivity index (χ4v) is 2.36. The van der Waals surface area contributed by atoms with E-state index in [4.69, 9.17) is 0 Å². The molecule has 0 bridgehead atoms. The SMILES string of the molecule is O=C(N/N=C\c1cccnc1)c1cc(-c2cccs2)[nH]n1. The monoisotopic (exact) mass is 297 g/mol. The highest BCUT2D eigenvalue weighted by molar-refractivity contribution is 7.13. The summed E-state index contributed by atoms with van der Waals surface area (Å²) in [5, 5.41) is 12.7. The number of carbonyl (C=O) groups excluding carboxylic acids is 1. The van der Waals surface area contributed by atoms with Crippen molar-refractivity contribution >= 4 is 23.5 Å². The number of hydrogen-bond donors (Lipinski definition) is 2. The highest BCUT2D eigenvalue weighted by Gasteiger charge is 2.10. The first-order valence-corrected chi connectivity index (χ1v) is 7.03. The number of rotatable bonds is 4. The third kappa shape index (κ3) is 3.21. The average Bonchev–Trinajstić information content (AvgIpc) is 3.19. The maximum atomic E-state index is 11.9. The normalized spacial score (nSPS) is 10.9. The van der Waals surface area contributed by atoms with E-state index in [1.807, 2.05) is 23.6 Å². The molecule has 0 aliphatic carbocycles. The van der Waals surface area contributed by atoms with Crippen molar-refractivity contribution in [2.45, 2.75) is 0 Å². The maximum Gasteiger partial charge on any atom is 0.291 e. The van der Waals surface area contributed by atoms with Crippen molar-refractivity contribution in [3.63, 3.8) is 0 Å². The standard InChI is InChI=1S/C14H11N5OS/c20-14(19-16-9-10-3-1-5-15-8-10)12-7-11(17-18-12)13-4-2-6-21-13/h1-9H,(H,17,18)(H,19,20)/b16-9-. The lowest BCUT2D eigenvalue weighted by molar-refractivity contribution is 0.0950. The first-order chi connectivity index (χ1) is 10.3. The highest BCUT2D eigenvalue weighted by atomic mass is 32.1. The molecule has 3 rings (SSSR count). The first kappa shape index (κ1) is 13.2. The van der Waals surface area contributed by atoms with Crippen molar-refractivity contribution in [3.8, 4) is 10.6 Å². The molecule has 0 radical (unpaired) electrons. The topological polar surface area (TPSA) is 83.0 Å². The van der Waals surface area contributed by atoms with Crippen molar-refractivity contribution in [1.29, 1.82) is 0 Å². The fourth-order valence-electron chi connectivity index (χ4n) is 1.67. The number of aromatic nitrogens is 3. The van der Waals surface area contributed by atoms with Crippen LogP contribution in [-0.4, -0.2) is 27.3 Å². The van der Waals surface area contributed by atoms with Crippen LogP contribution in [0.5, 0.6) is 0 Å². The Morgan fingerprint density at radius 3 is 3.10 bits per heavy atom. The highest BCUT2D eigenvalue weighted by Crippen LogP contribution is 2.22. The van der Waals surface area contributed by atoms with Gasteiger partial charge in [-0.05, 0) is 23.6 Å². The Morgan fingerprint density at radius 1 is 1.38 bits per heavy atom. The van der Waals surface area contributed by atoms with E-state index in [2.05, 4.69) is 25.7 Å². The molecule has 0 aliphatic rings. The van der Waals surface area contributed by atoms with Crippen molar-refractivity contribution in [2.24, 2.45) is 5.10 Å². The molecule has 2 N–H and O–H groups in total. The van der Waals surface area contributed by atoms with E-state index in [1.165, 1.54) is 6.21 Å². The minimum Gasteiger partial charge on any atom is -0.276 e. The van der Waals surface area contributed by atoms with Crippen LogP contribution < -0.4 is 5.43 Å². The van der Waals surface area contributed by atoms with Crippen molar-refractivity contribution in [2.75, 3.05) is 0 Å². The van der Waals surface area contributed by atoms with Crippen LogP contribution in [0.1, 0.15) is 16.1 Å². The van der Waals surface area contributed by atoms with Gasteiger partial charge in [0.15, 0.2) is 5.69 Å². The van der Waals surface area contributed by atoms with E-state index in [9.17, 15) is 4.79 Å². The summed E-state index contributed by atoms with van der Waals surface area (Å²) in [7, 11) is 0. The van der Waals surface area contributed by atoms with Gasteiger partial charge in [-0.25, -0.2) is 5.43 Å². The summed E-state index contributed by atoms with van der Waals surface area (Å²) in [5.41, 5.74) is 4.34. The number of nitrogens with one attached hydrogen (secondary N) is 2. The van der Waals surface area contributed by atoms with Crippen LogP contribution >= 0.6 is 11.3 Å². The summed E-state index contributed by atoms with van der Waals surface area (Å²) in [6.45, 7) is 0. The van der Waals surface area contributed by atoms with Crippen LogP contribution in [0.4, 0.5) is 0 Å². The maximum absolute atomic E-state index is 11.9. The number of hydrazone groups is 1. The molecule has 0 saturated heterocycles. The molecule has 7 heteroatoms. The van der Waals surface area contributed by atoms with Crippen LogP contribution in [0.3, 0.4) is 0 Å². The zero-order valence-electron chi connectivity index (χ0n) is 10.9. The van der Waals surface area contributed by atoms with E-state index in [0.29, 0.717) is 5.69 Å². The minimum absolute atomic E-state index is 0.293. The second-order valence-electron chi connectivity index (χ2n) is 4.13. The molecule has 104 valence electrons. The second kappa shape index (κ2) is 6.10. The van der Waals surface area contributed by atoms with Crippen LogP contribution in [-0.2, 0) is 0 Å². The third-order valence-corrected chi connectivity index (χ3v) is 3.56. The lowest BCUT2D eigenvalue weighted by Crippen LogP contribution is -2.18. The molecule has 0 saturated carbocycles. The number of pyridine rings is 1. The van der Waals surface area contributed by atoms with Gasteiger partial charge in [-0.15, -0.1) is 11.3 Å². The Hall–Kier alpha value is -2.80. The van der Waals surface area contributed by atoms with E-state index >= 15 is 0 Å². The molecule has 3 aromatic rings. The molecule has 1 amide bonds. The Bertz CT molecular complexity index is 749. The third-order valence-electron chi connectivity index (χ3n) is 2.66. The summed E-state index contributed by atoms with van der Waals surface area (Å²) in [6, 6.07) is 9.23. The quantitative estimate of drug-likeness (QED) is 0.572. The van der Waals surface area contributed by atoms with Crippen molar-refractivity contribution in [1.82, 2.24) is 20.6 Å². The molecule has 21 heavy (non-hydrogen) atoms. The largest absolute Gasteiger partial charge is 0.291 e. The minimum atomic E-state index is -0.366. The van der Waals surface area contributed by atoms with E-state index in [1.54, 1.807) is 35.9 Å². The Labute approximate surface area is 124 Å². The van der Waals surface area contributed by atoms with Gasteiger partial charge in [-0.1, -0.05) is 12.1 Å². The molecule has 0 aromatic carbocycles. The molecular formula is C14H11N5OS. The smallest absolute Gasteiger partial charge is 0.276 e. The van der Waals surface area contributed by atoms with Gasteiger partial charge in [0.1, 0.15) is 0 Å². The summed E-state index contributed by atoms with van der Waals surface area (Å²) < 4.78 is 0. The molecule has 0 unspecified atom stereocenters. The Morgan fingerprint density at radius 2 is 2.33 bits per heavy atom. The predicted molar refractivity (Wildman–Crippen MR) is 81.2 cm³/mol. The summed E-state index contributed by atoms with van der Waals surface area (Å²) in [5.74, 6) is -0.366. The summed E-state index contributed by atoms with van der Waals surface area (Å²) >= 11 is 1.58. The summed E-state index contributed by atoms with van der Waals surface area (Å²) in [6.07, 6.45) is 4.85. The van der Waals surface area contributed by atoms with E-state index < -0.39 is 0 Å². The fraction of sp³-hybridized carbons (Fsp3) is 0. The van der Waals surface area contributed by atoms with E-state index in [-0.39, 0.29) is 5.91 Å². The number of hydrogen-bond acceptors (Lipinski definition) is 5. The number of nitrogens with zero attached hydrogens (tertiary/aromatic N) is 3. The van der Waals surface area contributed by atoms with Crippen LogP contribution in [0.25, 0.3) is 10.6 Å². The van der Waals surface area contributed by atoms with Gasteiger partial charge in [0.05, 0.1) is 16.8 Å². The Kier molecular flexibility index (Phi) is 3.83. The first-order valence-electron chi connectivity index (χ1n) is 6.15. The summed E-state index contributed by atoms with van der Waals surface area (Å²) in [4.78, 5) is 16.9. The molecule has 0 aliphatic heterocycles. The number of amides is 1. The van der Waals surface area contributed by atoms with Gasteiger partial charge in [0.2, 0.25) is 0 Å². The molecule has 6 nitrogen and oxygen atoms in total. The number of aromatic amines is 1. The van der Waals surface area contributed by atoms with Gasteiger partial charge in [-0.3, -0.25) is 14.9 Å². The number of carbonyl (C=O) groups is 1. The lowest BCUT2D eigenvalue weighted by atomic mass is 10.3. The molecule has 0 spiro atoms. The lowest BCUT2D eigenvalue weighted by Gasteiger charge is -1.94. The van der Waals surface area contributed by atoms with Crippen LogP contribution in [0, 0.1) is 0 Å². The van der Waals surface area contributed by atoms with Gasteiger partial charge in [0.25, 0.3) is 5.91 Å². The van der Waals surface area contributed by atoms with Gasteiger partial charge in [-0.2, -0.15) is 10.2 Å².